The Labute approximate surface area is 124 Å². The molecule has 1 heterocycles. The van der Waals surface area contributed by atoms with Crippen molar-refractivity contribution in [3.05, 3.63) is 55.9 Å². The van der Waals surface area contributed by atoms with Crippen LogP contribution in [0.1, 0.15) is 16.0 Å². The van der Waals surface area contributed by atoms with Crippen molar-refractivity contribution in [2.45, 2.75) is 13.1 Å². The zero-order valence-corrected chi connectivity index (χ0v) is 12.8. The second kappa shape index (κ2) is 6.29. The van der Waals surface area contributed by atoms with Crippen LogP contribution in [0.2, 0.25) is 0 Å². The summed E-state index contributed by atoms with van der Waals surface area (Å²) in [7, 11) is 1.94. The fourth-order valence-corrected chi connectivity index (χ4v) is 3.37. The van der Waals surface area contributed by atoms with Crippen molar-refractivity contribution in [1.82, 2.24) is 4.90 Å². The van der Waals surface area contributed by atoms with E-state index in [1.54, 1.807) is 23.5 Å². The summed E-state index contributed by atoms with van der Waals surface area (Å²) in [5, 5.41) is 10.8. The minimum absolute atomic E-state index is 0.102. The van der Waals surface area contributed by atoms with E-state index in [4.69, 9.17) is 5.26 Å². The first-order valence-electron chi connectivity index (χ1n) is 5.69. The van der Waals surface area contributed by atoms with Gasteiger partial charge in [-0.25, -0.2) is 4.39 Å². The van der Waals surface area contributed by atoms with Crippen LogP contribution in [0, 0.1) is 17.1 Å². The Balaban J connectivity index is 2.07. The van der Waals surface area contributed by atoms with Crippen LogP contribution in [0.15, 0.2) is 34.1 Å². The lowest BCUT2D eigenvalue weighted by molar-refractivity contribution is 0.316. The van der Waals surface area contributed by atoms with Crippen LogP contribution < -0.4 is 0 Å². The smallest absolute Gasteiger partial charge is 0.145 e. The predicted molar refractivity (Wildman–Crippen MR) is 78.3 cm³/mol. The van der Waals surface area contributed by atoms with Gasteiger partial charge in [0.05, 0.1) is 5.56 Å². The summed E-state index contributed by atoms with van der Waals surface area (Å²) < 4.78 is 15.0. The summed E-state index contributed by atoms with van der Waals surface area (Å²) in [6.07, 6.45) is 0. The molecule has 0 radical (unpaired) electrons. The highest BCUT2D eigenvalue weighted by Crippen LogP contribution is 2.22. The van der Waals surface area contributed by atoms with Gasteiger partial charge in [-0.15, -0.1) is 11.3 Å². The van der Waals surface area contributed by atoms with Crippen molar-refractivity contribution in [1.29, 1.82) is 5.26 Å². The van der Waals surface area contributed by atoms with E-state index < -0.39 is 5.82 Å². The number of rotatable bonds is 4. The minimum atomic E-state index is -0.413. The Morgan fingerprint density at radius 3 is 2.84 bits per heavy atom. The lowest BCUT2D eigenvalue weighted by Gasteiger charge is -2.16. The zero-order valence-electron chi connectivity index (χ0n) is 10.4. The van der Waals surface area contributed by atoms with Gasteiger partial charge in [-0.2, -0.15) is 5.26 Å². The maximum atomic E-state index is 13.9. The van der Waals surface area contributed by atoms with E-state index >= 15 is 0 Å². The van der Waals surface area contributed by atoms with Gasteiger partial charge in [-0.1, -0.05) is 12.1 Å². The normalized spacial score (nSPS) is 10.7. The third-order valence-corrected chi connectivity index (χ3v) is 4.37. The number of nitriles is 1. The molecule has 19 heavy (non-hydrogen) atoms. The molecule has 0 aliphatic heterocycles. The Hall–Kier alpha value is -1.22. The fourth-order valence-electron chi connectivity index (χ4n) is 1.84. The first-order valence-corrected chi connectivity index (χ1v) is 7.36. The first-order chi connectivity index (χ1) is 9.10. The Kier molecular flexibility index (Phi) is 4.70. The van der Waals surface area contributed by atoms with Crippen molar-refractivity contribution in [2.24, 2.45) is 0 Å². The molecule has 0 bridgehead atoms. The molecule has 0 unspecified atom stereocenters. The van der Waals surface area contributed by atoms with Gasteiger partial charge < -0.3 is 0 Å². The third kappa shape index (κ3) is 3.63. The number of halogens is 2. The maximum Gasteiger partial charge on any atom is 0.145 e. The molecule has 2 aromatic rings. The molecule has 0 fully saturated rings. The monoisotopic (exact) mass is 338 g/mol. The number of thiophene rings is 1. The summed E-state index contributed by atoms with van der Waals surface area (Å²) >= 11 is 5.08. The van der Waals surface area contributed by atoms with E-state index in [9.17, 15) is 4.39 Å². The second-order valence-corrected chi connectivity index (χ2v) is 6.21. The van der Waals surface area contributed by atoms with E-state index in [1.165, 1.54) is 10.9 Å². The van der Waals surface area contributed by atoms with Crippen LogP contribution >= 0.6 is 27.3 Å². The lowest BCUT2D eigenvalue weighted by Crippen LogP contribution is -2.17. The van der Waals surface area contributed by atoms with Crippen molar-refractivity contribution in [3.63, 3.8) is 0 Å². The molecule has 1 aromatic heterocycles. The van der Waals surface area contributed by atoms with Crippen LogP contribution in [0.25, 0.3) is 0 Å². The predicted octanol–water partition coefficient (Wildman–Crippen LogP) is 4.15. The zero-order chi connectivity index (χ0) is 13.8. The van der Waals surface area contributed by atoms with Crippen molar-refractivity contribution in [2.75, 3.05) is 7.05 Å². The summed E-state index contributed by atoms with van der Waals surface area (Å²) in [6, 6.07) is 8.85. The van der Waals surface area contributed by atoms with Gasteiger partial charge in [0.2, 0.25) is 0 Å². The number of hydrogen-bond donors (Lipinski definition) is 0. The summed E-state index contributed by atoms with van der Waals surface area (Å²) in [4.78, 5) is 3.24. The highest BCUT2D eigenvalue weighted by molar-refractivity contribution is 9.10. The van der Waals surface area contributed by atoms with Crippen LogP contribution in [-0.2, 0) is 13.1 Å². The van der Waals surface area contributed by atoms with Crippen molar-refractivity contribution >= 4 is 27.3 Å². The Morgan fingerprint density at radius 2 is 2.21 bits per heavy atom. The SMILES string of the molecule is CN(Cc1cc(Br)cs1)Cc1cccc(C#N)c1F. The van der Waals surface area contributed by atoms with Crippen molar-refractivity contribution < 1.29 is 4.39 Å². The third-order valence-electron chi connectivity index (χ3n) is 2.69. The van der Waals surface area contributed by atoms with Crippen LogP contribution in [0.4, 0.5) is 4.39 Å². The minimum Gasteiger partial charge on any atom is -0.297 e. The van der Waals surface area contributed by atoms with Gasteiger partial charge in [0.1, 0.15) is 11.9 Å². The Morgan fingerprint density at radius 1 is 1.42 bits per heavy atom. The average molecular weight is 339 g/mol. The molecule has 0 saturated heterocycles. The summed E-state index contributed by atoms with van der Waals surface area (Å²) in [5.74, 6) is -0.413. The summed E-state index contributed by atoms with van der Waals surface area (Å²) in [6.45, 7) is 1.24. The maximum absolute atomic E-state index is 13.9. The molecular weight excluding hydrogens is 327 g/mol. The van der Waals surface area contributed by atoms with E-state index in [2.05, 4.69) is 22.0 Å². The van der Waals surface area contributed by atoms with Gasteiger partial charge in [0.15, 0.2) is 0 Å². The van der Waals surface area contributed by atoms with Gasteiger partial charge in [-0.05, 0) is 35.1 Å². The van der Waals surface area contributed by atoms with E-state index in [-0.39, 0.29) is 5.56 Å². The molecule has 5 heteroatoms. The van der Waals surface area contributed by atoms with Crippen LogP contribution in [0.3, 0.4) is 0 Å². The standard InChI is InChI=1S/C14H12BrFN2S/c1-18(8-13-5-12(15)9-19-13)7-11-4-2-3-10(6-17)14(11)16/h2-5,9H,7-8H2,1H3. The molecule has 0 N–H and O–H groups in total. The van der Waals surface area contributed by atoms with E-state index in [1.807, 2.05) is 23.4 Å². The quantitative estimate of drug-likeness (QED) is 0.837. The van der Waals surface area contributed by atoms with Gasteiger partial charge >= 0.3 is 0 Å². The first kappa shape index (κ1) is 14.2. The summed E-state index contributed by atoms with van der Waals surface area (Å²) in [5.41, 5.74) is 0.655. The van der Waals surface area contributed by atoms with Crippen LogP contribution in [-0.4, -0.2) is 11.9 Å². The average Bonchev–Trinajstić information content (AvgIpc) is 2.77. The lowest BCUT2D eigenvalue weighted by atomic mass is 10.1. The highest BCUT2D eigenvalue weighted by atomic mass is 79.9. The molecule has 1 aromatic carbocycles. The molecule has 2 nitrogen and oxygen atoms in total. The van der Waals surface area contributed by atoms with Gasteiger partial charge in [0.25, 0.3) is 0 Å². The number of nitrogens with zero attached hydrogens (tertiary/aromatic N) is 2. The second-order valence-electron chi connectivity index (χ2n) is 4.29. The van der Waals surface area contributed by atoms with Crippen LogP contribution in [0.5, 0.6) is 0 Å². The molecule has 0 aliphatic carbocycles. The molecule has 98 valence electrons. The molecule has 0 saturated carbocycles. The molecule has 2 rings (SSSR count). The topological polar surface area (TPSA) is 27.0 Å². The van der Waals surface area contributed by atoms with Gasteiger partial charge in [0, 0.05) is 33.4 Å². The number of benzene rings is 1. The molecule has 0 atom stereocenters. The molecule has 0 spiro atoms. The largest absolute Gasteiger partial charge is 0.297 e. The van der Waals surface area contributed by atoms with Gasteiger partial charge in [-0.3, -0.25) is 4.90 Å². The molecule has 0 aliphatic rings. The Bertz CT molecular complexity index is 618. The molecule has 0 amide bonds. The van der Waals surface area contributed by atoms with E-state index in [0.29, 0.717) is 12.1 Å². The number of hydrogen-bond acceptors (Lipinski definition) is 3. The van der Waals surface area contributed by atoms with Crippen molar-refractivity contribution in [3.8, 4) is 6.07 Å². The highest BCUT2D eigenvalue weighted by Gasteiger charge is 2.10. The molecular formula is C14H12BrFN2S. The fraction of sp³-hybridized carbons (Fsp3) is 0.214. The van der Waals surface area contributed by atoms with E-state index in [0.717, 1.165) is 11.0 Å².